The monoisotopic (exact) mass is 249 g/mol. The molecule has 0 amide bonds. The lowest BCUT2D eigenvalue weighted by Gasteiger charge is -2.33. The van der Waals surface area contributed by atoms with Crippen LogP contribution in [0.4, 0.5) is 5.95 Å². The Labute approximate surface area is 107 Å². The highest BCUT2D eigenvalue weighted by atomic mass is 16.5. The molecule has 0 radical (unpaired) electrons. The highest BCUT2D eigenvalue weighted by Crippen LogP contribution is 2.22. The fourth-order valence-corrected chi connectivity index (χ4v) is 2.15. The summed E-state index contributed by atoms with van der Waals surface area (Å²) in [5.41, 5.74) is 0. The van der Waals surface area contributed by atoms with E-state index in [0.717, 1.165) is 32.2 Å². The van der Waals surface area contributed by atoms with Crippen LogP contribution in [0.2, 0.25) is 0 Å². The average molecular weight is 249 g/mol. The van der Waals surface area contributed by atoms with E-state index >= 15 is 0 Å². The third-order valence-corrected chi connectivity index (χ3v) is 3.03. The Hall–Kier alpha value is -1.65. The third-order valence-electron chi connectivity index (χ3n) is 3.03. The minimum Gasteiger partial charge on any atom is -0.464 e. The van der Waals surface area contributed by atoms with Crippen LogP contribution in [0.1, 0.15) is 32.6 Å². The van der Waals surface area contributed by atoms with Crippen LogP contribution in [0.3, 0.4) is 0 Å². The molecule has 98 valence electrons. The van der Waals surface area contributed by atoms with Crippen LogP contribution in [0.5, 0.6) is 0 Å². The molecule has 5 heteroatoms. The normalized spacial score (nSPS) is 19.6. The first-order valence-corrected chi connectivity index (χ1v) is 6.53. The quantitative estimate of drug-likeness (QED) is 0.761. The minimum absolute atomic E-state index is 0.149. The van der Waals surface area contributed by atoms with E-state index < -0.39 is 0 Å². The van der Waals surface area contributed by atoms with Gasteiger partial charge in [0.25, 0.3) is 0 Å². The van der Waals surface area contributed by atoms with Gasteiger partial charge in [0.2, 0.25) is 5.95 Å². The molecule has 1 aliphatic rings. The summed E-state index contributed by atoms with van der Waals surface area (Å²) < 4.78 is 5.25. The number of hydrogen-bond acceptors (Lipinski definition) is 5. The van der Waals surface area contributed by atoms with E-state index in [2.05, 4.69) is 9.97 Å². The number of ether oxygens (including phenoxy) is 1. The molecular formula is C13H19N3O2. The summed E-state index contributed by atoms with van der Waals surface area (Å²) in [4.78, 5) is 22.4. The van der Waals surface area contributed by atoms with Crippen molar-refractivity contribution in [2.24, 2.45) is 0 Å². The Bertz CT molecular complexity index is 383. The molecule has 0 bridgehead atoms. The van der Waals surface area contributed by atoms with Gasteiger partial charge in [-0.2, -0.15) is 0 Å². The molecule has 0 aliphatic carbocycles. The molecule has 0 spiro atoms. The van der Waals surface area contributed by atoms with E-state index in [1.807, 2.05) is 11.8 Å². The number of piperidine rings is 1. The Kier molecular flexibility index (Phi) is 4.50. The van der Waals surface area contributed by atoms with Crippen molar-refractivity contribution in [1.82, 2.24) is 9.97 Å². The van der Waals surface area contributed by atoms with Gasteiger partial charge in [0.15, 0.2) is 0 Å². The lowest BCUT2D eigenvalue weighted by molar-refractivity contribution is -0.145. The Morgan fingerprint density at radius 3 is 2.94 bits per heavy atom. The van der Waals surface area contributed by atoms with Crippen molar-refractivity contribution in [3.8, 4) is 0 Å². The molecule has 18 heavy (non-hydrogen) atoms. The molecule has 1 atom stereocenters. The maximum absolute atomic E-state index is 12.0. The van der Waals surface area contributed by atoms with Crippen molar-refractivity contribution in [2.75, 3.05) is 18.1 Å². The van der Waals surface area contributed by atoms with Gasteiger partial charge in [-0.25, -0.2) is 14.8 Å². The van der Waals surface area contributed by atoms with Crippen LogP contribution in [-0.4, -0.2) is 35.1 Å². The van der Waals surface area contributed by atoms with E-state index in [0.29, 0.717) is 12.6 Å². The lowest BCUT2D eigenvalue weighted by Crippen LogP contribution is -2.46. The maximum Gasteiger partial charge on any atom is 0.328 e. The average Bonchev–Trinajstić information content (AvgIpc) is 2.45. The van der Waals surface area contributed by atoms with Crippen molar-refractivity contribution < 1.29 is 9.53 Å². The first-order valence-electron chi connectivity index (χ1n) is 6.53. The smallest absolute Gasteiger partial charge is 0.328 e. The minimum atomic E-state index is -0.229. The summed E-state index contributed by atoms with van der Waals surface area (Å²) in [6.45, 7) is 3.29. The highest BCUT2D eigenvalue weighted by Gasteiger charge is 2.31. The topological polar surface area (TPSA) is 55.3 Å². The van der Waals surface area contributed by atoms with Crippen molar-refractivity contribution in [1.29, 1.82) is 0 Å². The molecule has 0 saturated carbocycles. The van der Waals surface area contributed by atoms with Crippen LogP contribution in [-0.2, 0) is 9.53 Å². The first kappa shape index (κ1) is 12.8. The number of nitrogens with zero attached hydrogens (tertiary/aromatic N) is 3. The van der Waals surface area contributed by atoms with E-state index in [9.17, 15) is 4.79 Å². The number of esters is 1. The van der Waals surface area contributed by atoms with Gasteiger partial charge in [0, 0.05) is 18.9 Å². The maximum atomic E-state index is 12.0. The van der Waals surface area contributed by atoms with Gasteiger partial charge < -0.3 is 9.64 Å². The predicted molar refractivity (Wildman–Crippen MR) is 68.3 cm³/mol. The van der Waals surface area contributed by atoms with E-state index in [-0.39, 0.29) is 12.0 Å². The second-order valence-corrected chi connectivity index (χ2v) is 4.42. The Balaban J connectivity index is 2.09. The lowest BCUT2D eigenvalue weighted by atomic mass is 10.0. The first-order chi connectivity index (χ1) is 8.83. The second-order valence-electron chi connectivity index (χ2n) is 4.42. The zero-order valence-corrected chi connectivity index (χ0v) is 10.7. The fourth-order valence-electron chi connectivity index (χ4n) is 2.15. The molecule has 2 rings (SSSR count). The second kappa shape index (κ2) is 6.33. The van der Waals surface area contributed by atoms with Gasteiger partial charge in [-0.05, 0) is 31.7 Å². The van der Waals surface area contributed by atoms with Gasteiger partial charge in [-0.3, -0.25) is 0 Å². The van der Waals surface area contributed by atoms with Crippen molar-refractivity contribution in [2.45, 2.75) is 38.6 Å². The van der Waals surface area contributed by atoms with E-state index in [1.165, 1.54) is 0 Å². The van der Waals surface area contributed by atoms with Gasteiger partial charge in [0.1, 0.15) is 6.04 Å². The van der Waals surface area contributed by atoms with Crippen LogP contribution >= 0.6 is 0 Å². The zero-order chi connectivity index (χ0) is 12.8. The summed E-state index contributed by atoms with van der Waals surface area (Å²) in [7, 11) is 0. The number of aromatic nitrogens is 2. The standard InChI is InChI=1S/C13H19N3O2/c1-2-10-18-12(17)11-6-3-4-9-16(11)13-14-7-5-8-15-13/h5,7-8,11H,2-4,6,9-10H2,1H3. The van der Waals surface area contributed by atoms with Gasteiger partial charge in [0.05, 0.1) is 6.61 Å². The van der Waals surface area contributed by atoms with Crippen LogP contribution < -0.4 is 4.90 Å². The summed E-state index contributed by atoms with van der Waals surface area (Å²) in [6, 6.07) is 1.55. The molecule has 1 aromatic heterocycles. The Morgan fingerprint density at radius 1 is 1.44 bits per heavy atom. The van der Waals surface area contributed by atoms with E-state index in [1.54, 1.807) is 18.5 Å². The molecule has 2 heterocycles. The molecule has 0 N–H and O–H groups in total. The van der Waals surface area contributed by atoms with Gasteiger partial charge >= 0.3 is 5.97 Å². The van der Waals surface area contributed by atoms with Crippen LogP contribution in [0.25, 0.3) is 0 Å². The number of anilines is 1. The number of carbonyl (C=O) groups excluding carboxylic acids is 1. The number of carbonyl (C=O) groups is 1. The predicted octanol–water partition coefficient (Wildman–Crippen LogP) is 1.79. The molecule has 1 aliphatic heterocycles. The molecule has 5 nitrogen and oxygen atoms in total. The summed E-state index contributed by atoms with van der Waals surface area (Å²) >= 11 is 0. The zero-order valence-electron chi connectivity index (χ0n) is 10.7. The van der Waals surface area contributed by atoms with Gasteiger partial charge in [-0.1, -0.05) is 6.92 Å². The third kappa shape index (κ3) is 2.97. The van der Waals surface area contributed by atoms with Crippen molar-refractivity contribution in [3.63, 3.8) is 0 Å². The number of hydrogen-bond donors (Lipinski definition) is 0. The molecule has 1 fully saturated rings. The summed E-state index contributed by atoms with van der Waals surface area (Å²) in [5, 5.41) is 0. The van der Waals surface area contributed by atoms with E-state index in [4.69, 9.17) is 4.74 Å². The van der Waals surface area contributed by atoms with Crippen LogP contribution in [0, 0.1) is 0 Å². The number of rotatable bonds is 4. The highest BCUT2D eigenvalue weighted by molar-refractivity contribution is 5.79. The molecule has 0 aromatic carbocycles. The van der Waals surface area contributed by atoms with Gasteiger partial charge in [-0.15, -0.1) is 0 Å². The molecule has 1 saturated heterocycles. The van der Waals surface area contributed by atoms with Crippen molar-refractivity contribution in [3.05, 3.63) is 18.5 Å². The molecule has 1 unspecified atom stereocenters. The molecular weight excluding hydrogens is 230 g/mol. The fraction of sp³-hybridized carbons (Fsp3) is 0.615. The Morgan fingerprint density at radius 2 is 2.22 bits per heavy atom. The SMILES string of the molecule is CCCOC(=O)C1CCCCN1c1ncccn1. The summed E-state index contributed by atoms with van der Waals surface area (Å²) in [5.74, 6) is 0.472. The van der Waals surface area contributed by atoms with Crippen molar-refractivity contribution >= 4 is 11.9 Å². The summed E-state index contributed by atoms with van der Waals surface area (Å²) in [6.07, 6.45) is 7.18. The molecule has 1 aromatic rings. The van der Waals surface area contributed by atoms with Crippen LogP contribution in [0.15, 0.2) is 18.5 Å². The largest absolute Gasteiger partial charge is 0.464 e.